The molecule has 0 bridgehead atoms. The van der Waals surface area contributed by atoms with Gasteiger partial charge in [0.15, 0.2) is 0 Å². The molecule has 0 saturated heterocycles. The van der Waals surface area contributed by atoms with Crippen LogP contribution < -0.4 is 15.4 Å². The SMILES string of the molecule is COc1cccc(Nc2ncccc2C(=O)Nc2ccc(C(C)C)cc2)c1. The molecule has 5 nitrogen and oxygen atoms in total. The number of nitrogens with zero attached hydrogens (tertiary/aromatic N) is 1. The first-order chi connectivity index (χ1) is 13.1. The predicted octanol–water partition coefficient (Wildman–Crippen LogP) is 5.21. The van der Waals surface area contributed by atoms with E-state index < -0.39 is 0 Å². The quantitative estimate of drug-likeness (QED) is 0.633. The first-order valence-corrected chi connectivity index (χ1v) is 8.84. The van der Waals surface area contributed by atoms with Crippen LogP contribution in [0.4, 0.5) is 17.2 Å². The monoisotopic (exact) mass is 361 g/mol. The van der Waals surface area contributed by atoms with E-state index in [1.165, 1.54) is 5.56 Å². The Morgan fingerprint density at radius 2 is 1.78 bits per heavy atom. The van der Waals surface area contributed by atoms with Crippen LogP contribution in [0.3, 0.4) is 0 Å². The van der Waals surface area contributed by atoms with Gasteiger partial charge in [-0.25, -0.2) is 4.98 Å². The third-order valence-electron chi connectivity index (χ3n) is 4.22. The molecule has 0 aliphatic heterocycles. The van der Waals surface area contributed by atoms with E-state index in [1.807, 2.05) is 48.5 Å². The van der Waals surface area contributed by atoms with Crippen molar-refractivity contribution >= 4 is 23.1 Å². The van der Waals surface area contributed by atoms with Crippen molar-refractivity contribution in [3.05, 3.63) is 78.0 Å². The van der Waals surface area contributed by atoms with Gasteiger partial charge in [-0.2, -0.15) is 0 Å². The van der Waals surface area contributed by atoms with Crippen LogP contribution in [0.1, 0.15) is 35.7 Å². The lowest BCUT2D eigenvalue weighted by molar-refractivity contribution is 0.102. The van der Waals surface area contributed by atoms with Crippen molar-refractivity contribution < 1.29 is 9.53 Å². The Morgan fingerprint density at radius 1 is 1.00 bits per heavy atom. The van der Waals surface area contributed by atoms with Crippen LogP contribution in [0.15, 0.2) is 66.9 Å². The maximum absolute atomic E-state index is 12.8. The number of rotatable bonds is 6. The van der Waals surface area contributed by atoms with E-state index in [0.717, 1.165) is 17.1 Å². The van der Waals surface area contributed by atoms with Crippen LogP contribution in [0.2, 0.25) is 0 Å². The number of carbonyl (C=O) groups is 1. The van der Waals surface area contributed by atoms with Gasteiger partial charge in [0, 0.05) is 23.6 Å². The van der Waals surface area contributed by atoms with Crippen molar-refractivity contribution in [2.45, 2.75) is 19.8 Å². The summed E-state index contributed by atoms with van der Waals surface area (Å²) in [5.41, 5.74) is 3.24. The Hall–Kier alpha value is -3.34. The lowest BCUT2D eigenvalue weighted by atomic mass is 10.0. The number of pyridine rings is 1. The molecule has 3 rings (SSSR count). The topological polar surface area (TPSA) is 63.2 Å². The summed E-state index contributed by atoms with van der Waals surface area (Å²) in [5.74, 6) is 1.45. The molecule has 0 saturated carbocycles. The second kappa shape index (κ2) is 8.36. The molecule has 2 aromatic carbocycles. The summed E-state index contributed by atoms with van der Waals surface area (Å²) in [6.45, 7) is 4.28. The minimum atomic E-state index is -0.217. The molecule has 27 heavy (non-hydrogen) atoms. The van der Waals surface area contributed by atoms with Crippen molar-refractivity contribution in [1.29, 1.82) is 0 Å². The lowest BCUT2D eigenvalue weighted by Gasteiger charge is -2.12. The summed E-state index contributed by atoms with van der Waals surface area (Å²) in [5, 5.41) is 6.12. The summed E-state index contributed by atoms with van der Waals surface area (Å²) in [4.78, 5) is 17.1. The van der Waals surface area contributed by atoms with Crippen LogP contribution in [-0.4, -0.2) is 18.0 Å². The van der Waals surface area contributed by atoms with Crippen molar-refractivity contribution in [2.24, 2.45) is 0 Å². The molecular weight excluding hydrogens is 338 g/mol. The number of ether oxygens (including phenoxy) is 1. The minimum absolute atomic E-state index is 0.217. The molecule has 2 N–H and O–H groups in total. The molecule has 3 aromatic rings. The summed E-state index contributed by atoms with van der Waals surface area (Å²) in [7, 11) is 1.61. The van der Waals surface area contributed by atoms with Crippen LogP contribution in [0, 0.1) is 0 Å². The maximum Gasteiger partial charge on any atom is 0.259 e. The average molecular weight is 361 g/mol. The molecule has 0 unspecified atom stereocenters. The highest BCUT2D eigenvalue weighted by atomic mass is 16.5. The van der Waals surface area contributed by atoms with Crippen molar-refractivity contribution in [3.8, 4) is 5.75 Å². The van der Waals surface area contributed by atoms with Gasteiger partial charge in [-0.3, -0.25) is 4.79 Å². The fourth-order valence-electron chi connectivity index (χ4n) is 2.68. The van der Waals surface area contributed by atoms with Gasteiger partial charge in [0.1, 0.15) is 11.6 Å². The van der Waals surface area contributed by atoms with E-state index in [2.05, 4.69) is 29.5 Å². The molecule has 1 heterocycles. The highest BCUT2D eigenvalue weighted by Crippen LogP contribution is 2.23. The molecular formula is C22H23N3O2. The van der Waals surface area contributed by atoms with Gasteiger partial charge in [-0.1, -0.05) is 32.0 Å². The maximum atomic E-state index is 12.8. The van der Waals surface area contributed by atoms with E-state index in [1.54, 1.807) is 25.4 Å². The number of hydrogen-bond acceptors (Lipinski definition) is 4. The number of amides is 1. The third kappa shape index (κ3) is 4.64. The zero-order valence-electron chi connectivity index (χ0n) is 15.7. The number of aromatic nitrogens is 1. The Labute approximate surface area is 159 Å². The average Bonchev–Trinajstić information content (AvgIpc) is 2.69. The zero-order chi connectivity index (χ0) is 19.2. The summed E-state index contributed by atoms with van der Waals surface area (Å²) in [6.07, 6.45) is 1.65. The molecule has 5 heteroatoms. The van der Waals surface area contributed by atoms with E-state index in [-0.39, 0.29) is 5.91 Å². The van der Waals surface area contributed by atoms with Crippen molar-refractivity contribution in [1.82, 2.24) is 4.98 Å². The Balaban J connectivity index is 1.79. The highest BCUT2D eigenvalue weighted by molar-refractivity contribution is 6.07. The second-order valence-corrected chi connectivity index (χ2v) is 6.49. The zero-order valence-corrected chi connectivity index (χ0v) is 15.7. The van der Waals surface area contributed by atoms with E-state index in [4.69, 9.17) is 4.74 Å². The van der Waals surface area contributed by atoms with E-state index in [0.29, 0.717) is 17.3 Å². The first-order valence-electron chi connectivity index (χ1n) is 8.84. The molecule has 0 aliphatic carbocycles. The van der Waals surface area contributed by atoms with E-state index in [9.17, 15) is 4.79 Å². The third-order valence-corrected chi connectivity index (χ3v) is 4.22. The van der Waals surface area contributed by atoms with Gasteiger partial charge < -0.3 is 15.4 Å². The van der Waals surface area contributed by atoms with Gasteiger partial charge in [-0.15, -0.1) is 0 Å². The summed E-state index contributed by atoms with van der Waals surface area (Å²) >= 11 is 0. The molecule has 138 valence electrons. The summed E-state index contributed by atoms with van der Waals surface area (Å²) in [6, 6.07) is 18.8. The molecule has 0 radical (unpaired) electrons. The fourth-order valence-corrected chi connectivity index (χ4v) is 2.68. The molecule has 1 amide bonds. The first kappa shape index (κ1) is 18.5. The number of methoxy groups -OCH3 is 1. The fraction of sp³-hybridized carbons (Fsp3) is 0.182. The summed E-state index contributed by atoms with van der Waals surface area (Å²) < 4.78 is 5.24. The Morgan fingerprint density at radius 3 is 2.48 bits per heavy atom. The number of benzene rings is 2. The van der Waals surface area contributed by atoms with Crippen LogP contribution in [0.25, 0.3) is 0 Å². The van der Waals surface area contributed by atoms with Crippen LogP contribution >= 0.6 is 0 Å². The molecule has 0 atom stereocenters. The second-order valence-electron chi connectivity index (χ2n) is 6.49. The highest BCUT2D eigenvalue weighted by Gasteiger charge is 2.13. The number of hydrogen-bond donors (Lipinski definition) is 2. The molecule has 0 aliphatic rings. The van der Waals surface area contributed by atoms with Crippen LogP contribution in [-0.2, 0) is 0 Å². The Bertz CT molecular complexity index is 921. The Kier molecular flexibility index (Phi) is 5.71. The number of nitrogens with one attached hydrogen (secondary N) is 2. The van der Waals surface area contributed by atoms with Crippen molar-refractivity contribution in [3.63, 3.8) is 0 Å². The number of carbonyl (C=O) groups excluding carboxylic acids is 1. The smallest absolute Gasteiger partial charge is 0.259 e. The number of anilines is 3. The predicted molar refractivity (Wildman–Crippen MR) is 109 cm³/mol. The van der Waals surface area contributed by atoms with Crippen molar-refractivity contribution in [2.75, 3.05) is 17.7 Å². The molecule has 0 fully saturated rings. The molecule has 0 spiro atoms. The standard InChI is InChI=1S/C22H23N3O2/c1-15(2)16-9-11-17(12-10-16)25-22(26)20-8-5-13-23-21(20)24-18-6-4-7-19(14-18)27-3/h4-15H,1-3H3,(H,23,24)(H,25,26). The van der Waals surface area contributed by atoms with Crippen LogP contribution in [0.5, 0.6) is 5.75 Å². The van der Waals surface area contributed by atoms with Gasteiger partial charge in [0.05, 0.1) is 12.7 Å². The van der Waals surface area contributed by atoms with Gasteiger partial charge in [0.25, 0.3) is 5.91 Å². The van der Waals surface area contributed by atoms with Gasteiger partial charge in [0.2, 0.25) is 0 Å². The minimum Gasteiger partial charge on any atom is -0.497 e. The van der Waals surface area contributed by atoms with E-state index >= 15 is 0 Å². The normalized spacial score (nSPS) is 10.5. The largest absolute Gasteiger partial charge is 0.497 e. The van der Waals surface area contributed by atoms with Gasteiger partial charge in [-0.05, 0) is 47.9 Å². The molecule has 1 aromatic heterocycles. The lowest BCUT2D eigenvalue weighted by Crippen LogP contribution is -2.14. The van der Waals surface area contributed by atoms with Gasteiger partial charge >= 0.3 is 0 Å².